The fourth-order valence-corrected chi connectivity index (χ4v) is 2.54. The first-order valence-corrected chi connectivity index (χ1v) is 8.13. The van der Waals surface area contributed by atoms with Gasteiger partial charge in [0.05, 0.1) is 17.2 Å². The fraction of sp³-hybridized carbons (Fsp3) is 0.417. The first-order valence-electron chi connectivity index (χ1n) is 6.03. The summed E-state index contributed by atoms with van der Waals surface area (Å²) in [6, 6.07) is 1.92. The van der Waals surface area contributed by atoms with E-state index in [0.29, 0.717) is 6.54 Å². The zero-order valence-electron chi connectivity index (χ0n) is 11.2. The van der Waals surface area contributed by atoms with Crippen LogP contribution in [0.15, 0.2) is 16.6 Å². The highest BCUT2D eigenvalue weighted by atomic mass is 32.2. The molecule has 2 heterocycles. The average molecular weight is 295 g/mol. The summed E-state index contributed by atoms with van der Waals surface area (Å²) in [4.78, 5) is 13.2. The van der Waals surface area contributed by atoms with Gasteiger partial charge in [0.15, 0.2) is 5.16 Å². The number of hydrogen-bond donors (Lipinski definition) is 2. The highest BCUT2D eigenvalue weighted by Crippen LogP contribution is 2.18. The lowest BCUT2D eigenvalue weighted by atomic mass is 10.4. The number of nitrogens with zero attached hydrogens (tertiary/aromatic N) is 3. The maximum atomic E-state index is 4.43. The summed E-state index contributed by atoms with van der Waals surface area (Å²) in [5, 5.41) is 10.4. The second-order valence-corrected chi connectivity index (χ2v) is 5.70. The molecule has 0 fully saturated rings. The van der Waals surface area contributed by atoms with Crippen molar-refractivity contribution in [3.63, 3.8) is 0 Å². The topological polar surface area (TPSA) is 62.7 Å². The Morgan fingerprint density at radius 3 is 2.53 bits per heavy atom. The Bertz CT molecular complexity index is 541. The summed E-state index contributed by atoms with van der Waals surface area (Å²) in [6.45, 7) is 5.58. The minimum atomic E-state index is 0.681. The van der Waals surface area contributed by atoms with E-state index in [1.54, 1.807) is 11.3 Å². The Kier molecular flexibility index (Phi) is 4.98. The van der Waals surface area contributed by atoms with E-state index in [-0.39, 0.29) is 0 Å². The van der Waals surface area contributed by atoms with Crippen LogP contribution in [0.2, 0.25) is 0 Å². The molecule has 5 nitrogen and oxygen atoms in total. The van der Waals surface area contributed by atoms with Gasteiger partial charge in [-0.3, -0.25) is 0 Å². The van der Waals surface area contributed by atoms with Gasteiger partial charge in [-0.2, -0.15) is 0 Å². The molecular formula is C12H17N5S2. The van der Waals surface area contributed by atoms with Gasteiger partial charge in [0.1, 0.15) is 11.6 Å². The average Bonchev–Trinajstić information content (AvgIpc) is 2.82. The molecule has 2 N–H and O–H groups in total. The first-order chi connectivity index (χ1) is 9.21. The molecular weight excluding hydrogens is 278 g/mol. The van der Waals surface area contributed by atoms with Gasteiger partial charge < -0.3 is 10.6 Å². The van der Waals surface area contributed by atoms with Crippen molar-refractivity contribution in [3.05, 3.63) is 22.1 Å². The van der Waals surface area contributed by atoms with Gasteiger partial charge in [-0.25, -0.2) is 15.0 Å². The lowest BCUT2D eigenvalue weighted by molar-refractivity contribution is 0.942. The maximum Gasteiger partial charge on any atom is 0.191 e. The van der Waals surface area contributed by atoms with Crippen molar-refractivity contribution in [3.8, 4) is 0 Å². The summed E-state index contributed by atoms with van der Waals surface area (Å²) in [6.07, 6.45) is 1.97. The Labute approximate surface area is 121 Å². The van der Waals surface area contributed by atoms with Crippen molar-refractivity contribution < 1.29 is 0 Å². The Morgan fingerprint density at radius 2 is 1.95 bits per heavy atom. The van der Waals surface area contributed by atoms with E-state index >= 15 is 0 Å². The van der Waals surface area contributed by atoms with Gasteiger partial charge in [-0.1, -0.05) is 11.8 Å². The number of aromatic nitrogens is 3. The van der Waals surface area contributed by atoms with E-state index in [4.69, 9.17) is 0 Å². The second kappa shape index (κ2) is 6.72. The number of rotatable bonds is 6. The van der Waals surface area contributed by atoms with E-state index in [1.807, 2.05) is 26.2 Å². The Balaban J connectivity index is 2.08. The number of hydrogen-bond acceptors (Lipinski definition) is 7. The molecule has 2 rings (SSSR count). The number of thioether (sulfide) groups is 1. The molecule has 2 aromatic rings. The third-order valence-electron chi connectivity index (χ3n) is 2.36. The van der Waals surface area contributed by atoms with Crippen LogP contribution in [0.4, 0.5) is 11.6 Å². The minimum Gasteiger partial charge on any atom is -0.370 e. The molecule has 0 saturated heterocycles. The van der Waals surface area contributed by atoms with Crippen molar-refractivity contribution in [2.24, 2.45) is 0 Å². The summed E-state index contributed by atoms with van der Waals surface area (Å²) in [5.74, 6) is 1.67. The zero-order chi connectivity index (χ0) is 13.7. The third-order valence-corrected chi connectivity index (χ3v) is 3.73. The van der Waals surface area contributed by atoms with Crippen LogP contribution in [0, 0.1) is 6.92 Å². The lowest BCUT2D eigenvalue weighted by Gasteiger charge is -2.08. The molecule has 19 heavy (non-hydrogen) atoms. The van der Waals surface area contributed by atoms with Crippen LogP contribution in [-0.4, -0.2) is 27.8 Å². The predicted molar refractivity (Wildman–Crippen MR) is 82.2 cm³/mol. The van der Waals surface area contributed by atoms with Gasteiger partial charge in [-0.15, -0.1) is 11.3 Å². The largest absolute Gasteiger partial charge is 0.370 e. The summed E-state index contributed by atoms with van der Waals surface area (Å²) in [7, 11) is 0. The Hall–Kier alpha value is -1.34. The van der Waals surface area contributed by atoms with Crippen molar-refractivity contribution in [2.45, 2.75) is 25.5 Å². The normalized spacial score (nSPS) is 10.5. The summed E-state index contributed by atoms with van der Waals surface area (Å²) >= 11 is 3.19. The molecule has 0 aliphatic heterocycles. The van der Waals surface area contributed by atoms with Crippen LogP contribution in [0.25, 0.3) is 0 Å². The second-order valence-electron chi connectivity index (χ2n) is 3.87. The van der Waals surface area contributed by atoms with E-state index in [2.05, 4.69) is 31.0 Å². The van der Waals surface area contributed by atoms with E-state index in [0.717, 1.165) is 34.0 Å². The smallest absolute Gasteiger partial charge is 0.191 e. The SMILES string of the molecule is CCNc1cc(NCc2csc(C)n2)nc(SC)n1. The van der Waals surface area contributed by atoms with Crippen molar-refractivity contribution >= 4 is 34.7 Å². The monoisotopic (exact) mass is 295 g/mol. The molecule has 0 aliphatic rings. The maximum absolute atomic E-state index is 4.43. The van der Waals surface area contributed by atoms with Crippen LogP contribution < -0.4 is 10.6 Å². The Morgan fingerprint density at radius 1 is 1.21 bits per heavy atom. The van der Waals surface area contributed by atoms with Gasteiger partial charge in [0.25, 0.3) is 0 Å². The molecule has 0 unspecified atom stereocenters. The highest BCUT2D eigenvalue weighted by Gasteiger charge is 2.04. The van der Waals surface area contributed by atoms with E-state index in [1.165, 1.54) is 11.8 Å². The zero-order valence-corrected chi connectivity index (χ0v) is 12.9. The molecule has 0 aliphatic carbocycles. The number of nitrogens with one attached hydrogen (secondary N) is 2. The van der Waals surface area contributed by atoms with Crippen LogP contribution >= 0.6 is 23.1 Å². The minimum absolute atomic E-state index is 0.681. The highest BCUT2D eigenvalue weighted by molar-refractivity contribution is 7.98. The molecule has 102 valence electrons. The summed E-state index contributed by atoms with van der Waals surface area (Å²) < 4.78 is 0. The van der Waals surface area contributed by atoms with Crippen molar-refractivity contribution in [1.82, 2.24) is 15.0 Å². The van der Waals surface area contributed by atoms with Gasteiger partial charge in [0.2, 0.25) is 0 Å². The standard InChI is InChI=1S/C12H17N5S2/c1-4-13-10-5-11(17-12(16-10)18-3)14-6-9-7-19-8(2)15-9/h5,7H,4,6H2,1-3H3,(H2,13,14,16,17). The van der Waals surface area contributed by atoms with Crippen LogP contribution in [0.3, 0.4) is 0 Å². The van der Waals surface area contributed by atoms with Crippen LogP contribution in [0.1, 0.15) is 17.6 Å². The van der Waals surface area contributed by atoms with Gasteiger partial charge >= 0.3 is 0 Å². The molecule has 0 aromatic carbocycles. The van der Waals surface area contributed by atoms with Gasteiger partial charge in [-0.05, 0) is 20.1 Å². The fourth-order valence-electron chi connectivity index (χ4n) is 1.55. The quantitative estimate of drug-likeness (QED) is 0.631. The number of anilines is 2. The molecule has 0 atom stereocenters. The molecule has 2 aromatic heterocycles. The van der Waals surface area contributed by atoms with Crippen molar-refractivity contribution in [2.75, 3.05) is 23.4 Å². The van der Waals surface area contributed by atoms with E-state index < -0.39 is 0 Å². The van der Waals surface area contributed by atoms with Crippen LogP contribution in [0.5, 0.6) is 0 Å². The molecule has 7 heteroatoms. The molecule has 0 bridgehead atoms. The van der Waals surface area contributed by atoms with Crippen LogP contribution in [-0.2, 0) is 6.54 Å². The molecule has 0 amide bonds. The molecule has 0 spiro atoms. The van der Waals surface area contributed by atoms with Gasteiger partial charge in [0, 0.05) is 18.0 Å². The number of thiazole rings is 1. The molecule has 0 saturated carbocycles. The third kappa shape index (κ3) is 4.07. The van der Waals surface area contributed by atoms with Crippen molar-refractivity contribution in [1.29, 1.82) is 0 Å². The lowest BCUT2D eigenvalue weighted by Crippen LogP contribution is -2.06. The first kappa shape index (κ1) is 14.1. The molecule has 0 radical (unpaired) electrons. The number of aryl methyl sites for hydroxylation is 1. The summed E-state index contributed by atoms with van der Waals surface area (Å²) in [5.41, 5.74) is 1.04. The predicted octanol–water partition coefficient (Wildman–Crippen LogP) is 3.01. The van der Waals surface area contributed by atoms with E-state index in [9.17, 15) is 0 Å².